The molecule has 0 bridgehead atoms. The van der Waals surface area contributed by atoms with Gasteiger partial charge < -0.3 is 15.2 Å². The third-order valence-corrected chi connectivity index (χ3v) is 3.51. The number of carbonyl (C=O) groups is 1. The predicted octanol–water partition coefficient (Wildman–Crippen LogP) is 4.37. The van der Waals surface area contributed by atoms with Gasteiger partial charge in [0.1, 0.15) is 5.75 Å². The number of rotatable bonds is 5. The molecule has 0 heterocycles. The van der Waals surface area contributed by atoms with Crippen LogP contribution in [0.15, 0.2) is 36.4 Å². The van der Waals surface area contributed by atoms with E-state index in [9.17, 15) is 4.79 Å². The van der Waals surface area contributed by atoms with E-state index < -0.39 is 5.97 Å². The zero-order chi connectivity index (χ0) is 15.4. The van der Waals surface area contributed by atoms with Crippen molar-refractivity contribution < 1.29 is 14.6 Å². The second-order valence-corrected chi connectivity index (χ2v) is 5.13. The third-order valence-electron chi connectivity index (χ3n) is 2.88. The number of aliphatic carboxylic acids is 1. The number of ether oxygens (including phenoxy) is 1. The highest BCUT2D eigenvalue weighted by molar-refractivity contribution is 6.39. The summed E-state index contributed by atoms with van der Waals surface area (Å²) in [6.45, 7) is 0. The molecule has 0 saturated heterocycles. The van der Waals surface area contributed by atoms with Crippen LogP contribution in [-0.2, 0) is 11.2 Å². The summed E-state index contributed by atoms with van der Waals surface area (Å²) in [6, 6.07) is 10.3. The fraction of sp³-hybridized carbons (Fsp3) is 0.133. The highest BCUT2D eigenvalue weighted by Gasteiger charge is 2.12. The lowest BCUT2D eigenvalue weighted by Crippen LogP contribution is -2.04. The van der Waals surface area contributed by atoms with E-state index in [1.807, 2.05) is 0 Å². The number of carboxylic acids is 1. The fourth-order valence-corrected chi connectivity index (χ4v) is 2.37. The van der Waals surface area contributed by atoms with Crippen molar-refractivity contribution >= 4 is 40.5 Å². The number of anilines is 2. The van der Waals surface area contributed by atoms with E-state index in [0.717, 1.165) is 0 Å². The molecular formula is C15H13Cl2NO3. The van der Waals surface area contributed by atoms with Crippen LogP contribution in [0.4, 0.5) is 11.4 Å². The Morgan fingerprint density at radius 1 is 1.24 bits per heavy atom. The van der Waals surface area contributed by atoms with Crippen LogP contribution in [0.1, 0.15) is 5.56 Å². The monoisotopic (exact) mass is 325 g/mol. The number of hydrogen-bond acceptors (Lipinski definition) is 3. The van der Waals surface area contributed by atoms with Gasteiger partial charge in [-0.05, 0) is 35.9 Å². The summed E-state index contributed by atoms with van der Waals surface area (Å²) >= 11 is 12.2. The Balaban J connectivity index is 2.41. The molecule has 6 heteroatoms. The van der Waals surface area contributed by atoms with Crippen molar-refractivity contribution in [2.75, 3.05) is 12.4 Å². The fourth-order valence-electron chi connectivity index (χ4n) is 1.88. The van der Waals surface area contributed by atoms with E-state index in [1.54, 1.807) is 36.4 Å². The van der Waals surface area contributed by atoms with Crippen LogP contribution in [0.5, 0.6) is 5.75 Å². The first-order chi connectivity index (χ1) is 10.0. The van der Waals surface area contributed by atoms with E-state index in [1.165, 1.54) is 7.11 Å². The maximum atomic E-state index is 11.0. The SMILES string of the molecule is COc1ccc(Nc2c(Cl)cccc2Cl)c(CC(=O)O)c1. The number of methoxy groups -OCH3 is 1. The zero-order valence-electron chi connectivity index (χ0n) is 11.2. The molecule has 0 fully saturated rings. The summed E-state index contributed by atoms with van der Waals surface area (Å²) < 4.78 is 5.12. The Morgan fingerprint density at radius 2 is 1.90 bits per heavy atom. The summed E-state index contributed by atoms with van der Waals surface area (Å²) in [7, 11) is 1.53. The highest BCUT2D eigenvalue weighted by Crippen LogP contribution is 2.34. The van der Waals surface area contributed by atoms with Crippen molar-refractivity contribution in [1.29, 1.82) is 0 Å². The van der Waals surface area contributed by atoms with Crippen LogP contribution in [0, 0.1) is 0 Å². The van der Waals surface area contributed by atoms with Crippen molar-refractivity contribution in [3.05, 3.63) is 52.0 Å². The largest absolute Gasteiger partial charge is 0.497 e. The quantitative estimate of drug-likeness (QED) is 0.856. The Kier molecular flexibility index (Phi) is 4.94. The van der Waals surface area contributed by atoms with Crippen LogP contribution in [0.3, 0.4) is 0 Å². The lowest BCUT2D eigenvalue weighted by Gasteiger charge is -2.14. The van der Waals surface area contributed by atoms with Crippen molar-refractivity contribution in [2.45, 2.75) is 6.42 Å². The molecule has 0 amide bonds. The topological polar surface area (TPSA) is 58.6 Å². The second-order valence-electron chi connectivity index (χ2n) is 4.32. The van der Waals surface area contributed by atoms with E-state index in [2.05, 4.69) is 5.32 Å². The first-order valence-corrected chi connectivity index (χ1v) is 6.86. The maximum absolute atomic E-state index is 11.0. The molecule has 110 valence electrons. The molecule has 0 saturated carbocycles. The van der Waals surface area contributed by atoms with Crippen LogP contribution in [0.2, 0.25) is 10.0 Å². The molecule has 0 spiro atoms. The summed E-state index contributed by atoms with van der Waals surface area (Å²) in [5, 5.41) is 13.0. The number of hydrogen-bond donors (Lipinski definition) is 2. The van der Waals surface area contributed by atoms with Gasteiger partial charge in [-0.1, -0.05) is 29.3 Å². The van der Waals surface area contributed by atoms with Crippen molar-refractivity contribution in [2.24, 2.45) is 0 Å². The van der Waals surface area contributed by atoms with Gasteiger partial charge in [-0.2, -0.15) is 0 Å². The van der Waals surface area contributed by atoms with Gasteiger partial charge in [0.2, 0.25) is 0 Å². The number of carboxylic acid groups (broad SMARTS) is 1. The minimum Gasteiger partial charge on any atom is -0.497 e. The molecule has 0 unspecified atom stereocenters. The number of benzene rings is 2. The Hall–Kier alpha value is -1.91. The summed E-state index contributed by atoms with van der Waals surface area (Å²) in [4.78, 5) is 11.0. The third kappa shape index (κ3) is 3.80. The van der Waals surface area contributed by atoms with Gasteiger partial charge in [0.25, 0.3) is 0 Å². The molecule has 0 radical (unpaired) electrons. The first-order valence-electron chi connectivity index (χ1n) is 6.11. The van der Waals surface area contributed by atoms with Gasteiger partial charge in [-0.15, -0.1) is 0 Å². The minimum absolute atomic E-state index is 0.137. The Labute approximate surface area is 132 Å². The molecular weight excluding hydrogens is 313 g/mol. The van der Waals surface area contributed by atoms with Gasteiger partial charge >= 0.3 is 5.97 Å². The molecule has 21 heavy (non-hydrogen) atoms. The van der Waals surface area contributed by atoms with Gasteiger partial charge in [0.05, 0.1) is 29.3 Å². The molecule has 0 aromatic heterocycles. The van der Waals surface area contributed by atoms with E-state index in [4.69, 9.17) is 33.0 Å². The first kappa shape index (κ1) is 15.5. The van der Waals surface area contributed by atoms with Crippen molar-refractivity contribution in [3.63, 3.8) is 0 Å². The lowest BCUT2D eigenvalue weighted by atomic mass is 10.1. The Morgan fingerprint density at radius 3 is 2.48 bits per heavy atom. The van der Waals surface area contributed by atoms with Crippen LogP contribution in [-0.4, -0.2) is 18.2 Å². The normalized spacial score (nSPS) is 10.2. The molecule has 2 aromatic carbocycles. The van der Waals surface area contributed by atoms with Crippen molar-refractivity contribution in [3.8, 4) is 5.75 Å². The second kappa shape index (κ2) is 6.70. The average molecular weight is 326 g/mol. The smallest absolute Gasteiger partial charge is 0.307 e. The number of para-hydroxylation sites is 1. The summed E-state index contributed by atoms with van der Waals surface area (Å²) in [5.41, 5.74) is 1.74. The minimum atomic E-state index is -0.934. The zero-order valence-corrected chi connectivity index (χ0v) is 12.7. The Bertz CT molecular complexity index is 654. The molecule has 0 aliphatic heterocycles. The van der Waals surface area contributed by atoms with Crippen molar-refractivity contribution in [1.82, 2.24) is 0 Å². The average Bonchev–Trinajstić information content (AvgIpc) is 2.43. The molecule has 2 rings (SSSR count). The summed E-state index contributed by atoms with van der Waals surface area (Å²) in [5.74, 6) is -0.349. The van der Waals surface area contributed by atoms with E-state index in [0.29, 0.717) is 32.7 Å². The molecule has 2 N–H and O–H groups in total. The summed E-state index contributed by atoms with van der Waals surface area (Å²) in [6.07, 6.45) is -0.137. The molecule has 0 atom stereocenters. The predicted molar refractivity (Wildman–Crippen MR) is 84.1 cm³/mol. The van der Waals surface area contributed by atoms with Gasteiger partial charge in [0, 0.05) is 5.69 Å². The molecule has 0 aliphatic rings. The number of halogens is 2. The molecule has 4 nitrogen and oxygen atoms in total. The van der Waals surface area contributed by atoms with E-state index >= 15 is 0 Å². The van der Waals surface area contributed by atoms with E-state index in [-0.39, 0.29) is 6.42 Å². The standard InChI is InChI=1S/C15H13Cl2NO3/c1-21-10-5-6-13(9(7-10)8-14(19)20)18-15-11(16)3-2-4-12(15)17/h2-7,18H,8H2,1H3,(H,19,20). The van der Waals surface area contributed by atoms with Crippen LogP contribution < -0.4 is 10.1 Å². The number of nitrogens with one attached hydrogen (secondary N) is 1. The molecule has 0 aliphatic carbocycles. The van der Waals surface area contributed by atoms with Gasteiger partial charge in [-0.3, -0.25) is 4.79 Å². The van der Waals surface area contributed by atoms with Crippen LogP contribution >= 0.6 is 23.2 Å². The maximum Gasteiger partial charge on any atom is 0.307 e. The highest BCUT2D eigenvalue weighted by atomic mass is 35.5. The molecule has 2 aromatic rings. The van der Waals surface area contributed by atoms with Crippen LogP contribution in [0.25, 0.3) is 0 Å². The van der Waals surface area contributed by atoms with Gasteiger partial charge in [0.15, 0.2) is 0 Å². The van der Waals surface area contributed by atoms with Gasteiger partial charge in [-0.25, -0.2) is 0 Å². The lowest BCUT2D eigenvalue weighted by molar-refractivity contribution is -0.136.